The topological polar surface area (TPSA) is 125 Å². The third-order valence-corrected chi connectivity index (χ3v) is 5.87. The van der Waals surface area contributed by atoms with Crippen LogP contribution >= 0.6 is 11.6 Å². The molecule has 0 unspecified atom stereocenters. The minimum Gasteiger partial charge on any atom is -0.352 e. The van der Waals surface area contributed by atoms with Gasteiger partial charge in [0.2, 0.25) is 16.0 Å². The maximum absolute atomic E-state index is 14.3. The SMILES string of the molecule is CCNC(=O)c1ccc(F)c(Nc2ncc(Cl)c(Nc3ccccc3NS(=O)(=O)CC(F)(F)F)n2)c1. The lowest BCUT2D eigenvalue weighted by atomic mass is 10.2. The molecule has 4 N–H and O–H groups in total. The van der Waals surface area contributed by atoms with Gasteiger partial charge in [-0.15, -0.1) is 0 Å². The molecule has 15 heteroatoms. The number of carbonyl (C=O) groups excluding carboxylic acids is 1. The molecule has 3 rings (SSSR count). The zero-order valence-electron chi connectivity index (χ0n) is 18.5. The molecule has 0 saturated carbocycles. The summed E-state index contributed by atoms with van der Waals surface area (Å²) in [5, 5.41) is 7.92. The first-order valence-electron chi connectivity index (χ1n) is 10.2. The van der Waals surface area contributed by atoms with E-state index in [1.54, 1.807) is 6.92 Å². The lowest BCUT2D eigenvalue weighted by Crippen LogP contribution is -2.28. The predicted molar refractivity (Wildman–Crippen MR) is 128 cm³/mol. The van der Waals surface area contributed by atoms with Crippen LogP contribution in [0.25, 0.3) is 0 Å². The largest absolute Gasteiger partial charge is 0.404 e. The van der Waals surface area contributed by atoms with Crippen molar-refractivity contribution < 1.29 is 30.8 Å². The van der Waals surface area contributed by atoms with E-state index in [1.165, 1.54) is 42.6 Å². The molecular weight excluding hydrogens is 528 g/mol. The Kier molecular flexibility index (Phi) is 8.20. The maximum atomic E-state index is 14.3. The summed E-state index contributed by atoms with van der Waals surface area (Å²) in [5.41, 5.74) is -0.0636. The van der Waals surface area contributed by atoms with E-state index in [0.29, 0.717) is 6.54 Å². The zero-order valence-corrected chi connectivity index (χ0v) is 20.0. The first-order valence-corrected chi connectivity index (χ1v) is 12.2. The van der Waals surface area contributed by atoms with Crippen molar-refractivity contribution in [1.29, 1.82) is 0 Å². The van der Waals surface area contributed by atoms with Crippen molar-refractivity contribution >= 4 is 56.4 Å². The highest BCUT2D eigenvalue weighted by Crippen LogP contribution is 2.31. The number of rotatable bonds is 9. The summed E-state index contributed by atoms with van der Waals surface area (Å²) >= 11 is 6.12. The van der Waals surface area contributed by atoms with E-state index >= 15 is 0 Å². The van der Waals surface area contributed by atoms with Crippen molar-refractivity contribution in [2.45, 2.75) is 13.1 Å². The van der Waals surface area contributed by atoms with E-state index < -0.39 is 33.7 Å². The average molecular weight is 547 g/mol. The molecule has 192 valence electrons. The van der Waals surface area contributed by atoms with Crippen LogP contribution in [0.2, 0.25) is 5.02 Å². The lowest BCUT2D eigenvalue weighted by molar-refractivity contribution is -0.106. The van der Waals surface area contributed by atoms with Gasteiger partial charge in [-0.3, -0.25) is 9.52 Å². The lowest BCUT2D eigenvalue weighted by Gasteiger charge is -2.16. The Morgan fingerprint density at radius 1 is 1.06 bits per heavy atom. The van der Waals surface area contributed by atoms with E-state index in [4.69, 9.17) is 11.6 Å². The summed E-state index contributed by atoms with van der Waals surface area (Å²) < 4.78 is 77.8. The molecule has 9 nitrogen and oxygen atoms in total. The second kappa shape index (κ2) is 11.0. The van der Waals surface area contributed by atoms with Gasteiger partial charge in [-0.25, -0.2) is 17.8 Å². The quantitative estimate of drug-likeness (QED) is 0.284. The number of nitrogens with one attached hydrogen (secondary N) is 4. The summed E-state index contributed by atoms with van der Waals surface area (Å²) in [4.78, 5) is 20.1. The molecule has 1 amide bonds. The van der Waals surface area contributed by atoms with E-state index in [2.05, 4.69) is 25.9 Å². The Balaban J connectivity index is 1.86. The molecule has 0 aliphatic heterocycles. The third-order valence-electron chi connectivity index (χ3n) is 4.36. The van der Waals surface area contributed by atoms with Gasteiger partial charge in [0.25, 0.3) is 5.91 Å². The number of sulfonamides is 1. The first kappa shape index (κ1) is 26.9. The predicted octanol–water partition coefficient (Wildman–Crippen LogP) is 4.81. The molecule has 3 aromatic rings. The minimum atomic E-state index is -4.94. The van der Waals surface area contributed by atoms with Crippen molar-refractivity contribution in [3.8, 4) is 0 Å². The van der Waals surface area contributed by atoms with Crippen molar-refractivity contribution in [1.82, 2.24) is 15.3 Å². The fourth-order valence-corrected chi connectivity index (χ4v) is 4.04. The normalized spacial score (nSPS) is 11.6. The standard InChI is InChI=1S/C21H19ClF4N6O3S/c1-2-27-19(33)12-7-8-14(23)17(9-12)30-20-28-10-13(22)18(31-20)29-15-5-3-4-6-16(15)32-36(34,35)11-21(24,25)26/h3-10,32H,2,11H2,1H3,(H,27,33)(H2,28,29,30,31). The highest BCUT2D eigenvalue weighted by atomic mass is 35.5. The molecule has 1 heterocycles. The van der Waals surface area contributed by atoms with Gasteiger partial charge >= 0.3 is 6.18 Å². The van der Waals surface area contributed by atoms with Crippen LogP contribution in [0, 0.1) is 5.82 Å². The van der Waals surface area contributed by atoms with Crippen molar-refractivity contribution in [2.24, 2.45) is 0 Å². The van der Waals surface area contributed by atoms with Crippen LogP contribution in [0.3, 0.4) is 0 Å². The van der Waals surface area contributed by atoms with E-state index in [-0.39, 0.29) is 39.4 Å². The first-order chi connectivity index (χ1) is 16.9. The van der Waals surface area contributed by atoms with Crippen molar-refractivity contribution in [3.05, 3.63) is 65.1 Å². The second-order valence-electron chi connectivity index (χ2n) is 7.22. The maximum Gasteiger partial charge on any atom is 0.404 e. The number of benzene rings is 2. The molecule has 0 aliphatic rings. The number of halogens is 5. The van der Waals surface area contributed by atoms with Gasteiger partial charge in [0.05, 0.1) is 23.3 Å². The summed E-state index contributed by atoms with van der Waals surface area (Å²) in [7, 11) is -4.75. The molecular formula is C21H19ClF4N6O3S. The fourth-order valence-electron chi connectivity index (χ4n) is 2.89. The Morgan fingerprint density at radius 3 is 2.42 bits per heavy atom. The fraction of sp³-hybridized carbons (Fsp3) is 0.190. The summed E-state index contributed by atoms with van der Waals surface area (Å²) in [6, 6.07) is 9.19. The average Bonchev–Trinajstić information content (AvgIpc) is 2.77. The van der Waals surface area contributed by atoms with E-state index in [0.717, 1.165) is 6.07 Å². The van der Waals surface area contributed by atoms with Crippen LogP contribution in [-0.4, -0.2) is 42.8 Å². The van der Waals surface area contributed by atoms with Crippen LogP contribution in [0.15, 0.2) is 48.7 Å². The highest BCUT2D eigenvalue weighted by molar-refractivity contribution is 7.92. The molecule has 0 radical (unpaired) electrons. The summed E-state index contributed by atoms with van der Waals surface area (Å²) in [6.07, 6.45) is -3.77. The molecule has 0 aliphatic carbocycles. The van der Waals surface area contributed by atoms with Crippen LogP contribution < -0.4 is 20.7 Å². The summed E-state index contributed by atoms with van der Waals surface area (Å²) in [6.45, 7) is 2.11. The van der Waals surface area contributed by atoms with Crippen LogP contribution in [0.4, 0.5) is 46.4 Å². The number of nitrogens with zero attached hydrogens (tertiary/aromatic N) is 2. The molecule has 0 saturated heterocycles. The Bertz CT molecular complexity index is 1370. The molecule has 0 spiro atoms. The molecule has 36 heavy (non-hydrogen) atoms. The molecule has 0 atom stereocenters. The van der Waals surface area contributed by atoms with Gasteiger partial charge in [-0.1, -0.05) is 23.7 Å². The van der Waals surface area contributed by atoms with Crippen LogP contribution in [0.5, 0.6) is 0 Å². The van der Waals surface area contributed by atoms with Gasteiger partial charge in [0, 0.05) is 12.1 Å². The molecule has 0 bridgehead atoms. The molecule has 1 aromatic heterocycles. The van der Waals surface area contributed by atoms with Gasteiger partial charge in [-0.05, 0) is 37.3 Å². The molecule has 0 fully saturated rings. The highest BCUT2D eigenvalue weighted by Gasteiger charge is 2.35. The Morgan fingerprint density at radius 2 is 1.75 bits per heavy atom. The van der Waals surface area contributed by atoms with Gasteiger partial charge in [-0.2, -0.15) is 18.2 Å². The number of alkyl halides is 3. The van der Waals surface area contributed by atoms with Crippen molar-refractivity contribution in [2.75, 3.05) is 27.7 Å². The number of anilines is 5. The van der Waals surface area contributed by atoms with Crippen LogP contribution in [-0.2, 0) is 10.0 Å². The smallest absolute Gasteiger partial charge is 0.352 e. The summed E-state index contributed by atoms with van der Waals surface area (Å²) in [5.74, 6) is -3.37. The number of carbonyl (C=O) groups is 1. The third kappa shape index (κ3) is 7.42. The van der Waals surface area contributed by atoms with Gasteiger partial charge < -0.3 is 16.0 Å². The number of hydrogen-bond donors (Lipinski definition) is 4. The number of hydrogen-bond acceptors (Lipinski definition) is 7. The van der Waals surface area contributed by atoms with Crippen molar-refractivity contribution in [3.63, 3.8) is 0 Å². The van der Waals surface area contributed by atoms with Gasteiger partial charge in [0.1, 0.15) is 10.8 Å². The zero-order chi connectivity index (χ0) is 26.5. The molecule has 2 aromatic carbocycles. The Hall–Kier alpha value is -3.65. The number of amides is 1. The Labute approximate surface area is 208 Å². The van der Waals surface area contributed by atoms with E-state index in [1.807, 2.05) is 4.72 Å². The monoisotopic (exact) mass is 546 g/mol. The minimum absolute atomic E-state index is 0.0231. The van der Waals surface area contributed by atoms with Crippen LogP contribution in [0.1, 0.15) is 17.3 Å². The second-order valence-corrected chi connectivity index (χ2v) is 9.35. The number of aromatic nitrogens is 2. The number of para-hydroxylation sites is 2. The van der Waals surface area contributed by atoms with Gasteiger partial charge in [0.15, 0.2) is 11.6 Å². The van der Waals surface area contributed by atoms with E-state index in [9.17, 15) is 30.8 Å².